The summed E-state index contributed by atoms with van der Waals surface area (Å²) in [4.78, 5) is 23.4. The molecule has 0 radical (unpaired) electrons. The number of ether oxygens (including phenoxy) is 2. The fraction of sp³-hybridized carbons (Fsp3) is 0.636. The number of imide groups is 1. The minimum atomic E-state index is -1.42. The average molecular weight is 291 g/mol. The van der Waals surface area contributed by atoms with Crippen molar-refractivity contribution in [2.45, 2.75) is 30.4 Å². The van der Waals surface area contributed by atoms with Crippen molar-refractivity contribution in [3.63, 3.8) is 0 Å². The molecule has 0 unspecified atom stereocenters. The lowest BCUT2D eigenvalue weighted by atomic mass is 10.0. The second-order valence-electron chi connectivity index (χ2n) is 4.46. The normalized spacial score (nSPS) is 38.7. The third-order valence-corrected chi connectivity index (χ3v) is 3.46. The number of nitrogens with zero attached hydrogens (tertiary/aromatic N) is 1. The Bertz CT molecular complexity index is 425. The van der Waals surface area contributed by atoms with E-state index in [9.17, 15) is 9.59 Å². The van der Waals surface area contributed by atoms with E-state index in [-0.39, 0.29) is 6.61 Å². The van der Waals surface area contributed by atoms with Crippen molar-refractivity contribution in [1.82, 2.24) is 10.2 Å². The number of rotatable bonds is 3. The van der Waals surface area contributed by atoms with Gasteiger partial charge >= 0.3 is 6.03 Å². The fourth-order valence-corrected chi connectivity index (χ4v) is 2.34. The molecular weight excluding hydrogens is 276 g/mol. The van der Waals surface area contributed by atoms with Gasteiger partial charge in [0.15, 0.2) is 17.3 Å². The van der Waals surface area contributed by atoms with Crippen LogP contribution in [0.3, 0.4) is 0 Å². The van der Waals surface area contributed by atoms with Crippen LogP contribution in [0.4, 0.5) is 4.79 Å². The zero-order valence-corrected chi connectivity index (χ0v) is 11.3. The Morgan fingerprint density at radius 2 is 2.26 bits per heavy atom. The summed E-state index contributed by atoms with van der Waals surface area (Å²) in [7, 11) is 1.35. The van der Waals surface area contributed by atoms with Crippen LogP contribution in [-0.4, -0.2) is 59.1 Å². The number of hydrogen-bond acceptors (Lipinski definition) is 5. The van der Waals surface area contributed by atoms with Crippen molar-refractivity contribution < 1.29 is 24.2 Å². The molecule has 7 nitrogen and oxygen atoms in total. The van der Waals surface area contributed by atoms with E-state index >= 15 is 0 Å². The molecule has 0 aromatic heterocycles. The monoisotopic (exact) mass is 290 g/mol. The lowest BCUT2D eigenvalue weighted by Crippen LogP contribution is -2.69. The molecule has 0 aromatic carbocycles. The predicted molar refractivity (Wildman–Crippen MR) is 65.3 cm³/mol. The zero-order valence-electron chi connectivity index (χ0n) is 10.5. The number of aliphatic hydroxyl groups excluding tert-OH is 1. The number of amides is 3. The number of hydrogen-bond donors (Lipinski definition) is 2. The Morgan fingerprint density at radius 1 is 1.58 bits per heavy atom. The topological polar surface area (TPSA) is 88.1 Å². The lowest BCUT2D eigenvalue weighted by Gasteiger charge is -2.44. The van der Waals surface area contributed by atoms with Gasteiger partial charge in [-0.2, -0.15) is 0 Å². The van der Waals surface area contributed by atoms with Gasteiger partial charge in [-0.05, 0) is 13.0 Å². The molecule has 2 N–H and O–H groups in total. The third-order valence-electron chi connectivity index (χ3n) is 3.10. The number of halogens is 1. The van der Waals surface area contributed by atoms with Crippen molar-refractivity contribution in [1.29, 1.82) is 0 Å². The van der Waals surface area contributed by atoms with Crippen molar-refractivity contribution in [3.05, 3.63) is 12.2 Å². The van der Waals surface area contributed by atoms with Crippen LogP contribution in [0.1, 0.15) is 6.92 Å². The molecule has 0 bridgehead atoms. The van der Waals surface area contributed by atoms with E-state index < -0.39 is 35.4 Å². The Kier molecular flexibility index (Phi) is 3.82. The minimum Gasteiger partial charge on any atom is -0.393 e. The summed E-state index contributed by atoms with van der Waals surface area (Å²) in [6, 6.07) is -0.650. The largest absolute Gasteiger partial charge is 0.393 e. The van der Waals surface area contributed by atoms with Gasteiger partial charge in [0.25, 0.3) is 5.91 Å². The van der Waals surface area contributed by atoms with Gasteiger partial charge < -0.3 is 14.6 Å². The van der Waals surface area contributed by atoms with Crippen molar-refractivity contribution >= 4 is 23.5 Å². The van der Waals surface area contributed by atoms with Gasteiger partial charge in [-0.25, -0.2) is 4.79 Å². The van der Waals surface area contributed by atoms with Crippen LogP contribution in [0.25, 0.3) is 0 Å². The molecule has 8 heteroatoms. The molecule has 2 rings (SSSR count). The maximum absolute atomic E-state index is 11.9. The molecule has 2 heterocycles. The lowest BCUT2D eigenvalue weighted by molar-refractivity contribution is -0.150. The van der Waals surface area contributed by atoms with Crippen LogP contribution < -0.4 is 5.32 Å². The van der Waals surface area contributed by atoms with Crippen LogP contribution >= 0.6 is 11.6 Å². The summed E-state index contributed by atoms with van der Waals surface area (Å²) in [5.74, 6) is -0.622. The first-order valence-electron chi connectivity index (χ1n) is 5.72. The SMILES string of the molecule is CO[C@H]1N([C@H]2C=C[C@@H](CO)O2)C(=O)NC(=O)[C@]1(C)Cl. The summed E-state index contributed by atoms with van der Waals surface area (Å²) in [5, 5.41) is 11.2. The van der Waals surface area contributed by atoms with E-state index in [1.807, 2.05) is 0 Å². The number of nitrogens with one attached hydrogen (secondary N) is 1. The van der Waals surface area contributed by atoms with Gasteiger partial charge in [-0.15, -0.1) is 11.6 Å². The molecule has 0 saturated carbocycles. The molecule has 1 fully saturated rings. The van der Waals surface area contributed by atoms with E-state index in [0.29, 0.717) is 0 Å². The predicted octanol–water partition coefficient (Wildman–Crippen LogP) is -0.218. The van der Waals surface area contributed by atoms with Gasteiger partial charge in [0.1, 0.15) is 6.10 Å². The summed E-state index contributed by atoms with van der Waals surface area (Å²) < 4.78 is 10.6. The maximum Gasteiger partial charge on any atom is 0.328 e. The quantitative estimate of drug-likeness (QED) is 0.554. The minimum absolute atomic E-state index is 0.197. The van der Waals surface area contributed by atoms with Gasteiger partial charge in [-0.3, -0.25) is 15.0 Å². The number of methoxy groups -OCH3 is 1. The smallest absolute Gasteiger partial charge is 0.328 e. The van der Waals surface area contributed by atoms with Crippen LogP contribution in [0, 0.1) is 0 Å². The number of carbonyl (C=O) groups excluding carboxylic acids is 2. The molecule has 3 amide bonds. The zero-order chi connectivity index (χ0) is 14.2. The first kappa shape index (κ1) is 14.3. The van der Waals surface area contributed by atoms with Crippen LogP contribution in [0.15, 0.2) is 12.2 Å². The summed E-state index contributed by atoms with van der Waals surface area (Å²) in [5.41, 5.74) is 0. The Labute approximate surface area is 115 Å². The second kappa shape index (κ2) is 5.09. The van der Waals surface area contributed by atoms with Crippen LogP contribution in [0.5, 0.6) is 0 Å². The van der Waals surface area contributed by atoms with Crippen molar-refractivity contribution in [2.24, 2.45) is 0 Å². The average Bonchev–Trinajstić information content (AvgIpc) is 2.81. The van der Waals surface area contributed by atoms with E-state index in [1.54, 1.807) is 12.2 Å². The molecule has 0 spiro atoms. The molecule has 2 aliphatic heterocycles. The summed E-state index contributed by atoms with van der Waals surface area (Å²) >= 11 is 6.14. The molecular formula is C11H15ClN2O5. The van der Waals surface area contributed by atoms with Crippen molar-refractivity contribution in [2.75, 3.05) is 13.7 Å². The first-order valence-corrected chi connectivity index (χ1v) is 6.09. The Balaban J connectivity index is 2.25. The number of aliphatic hydroxyl groups is 1. The molecule has 0 aliphatic carbocycles. The van der Waals surface area contributed by atoms with Crippen LogP contribution in [0.2, 0.25) is 0 Å². The highest BCUT2D eigenvalue weighted by atomic mass is 35.5. The highest BCUT2D eigenvalue weighted by molar-refractivity contribution is 6.36. The molecule has 1 saturated heterocycles. The molecule has 0 aromatic rings. The molecule has 2 aliphatic rings. The Hall–Kier alpha value is -1.15. The second-order valence-corrected chi connectivity index (χ2v) is 5.25. The summed E-state index contributed by atoms with van der Waals surface area (Å²) in [6.45, 7) is 1.26. The molecule has 19 heavy (non-hydrogen) atoms. The number of urea groups is 1. The molecule has 106 valence electrons. The Morgan fingerprint density at radius 3 is 2.79 bits per heavy atom. The van der Waals surface area contributed by atoms with E-state index in [0.717, 1.165) is 0 Å². The highest BCUT2D eigenvalue weighted by Crippen LogP contribution is 2.32. The van der Waals surface area contributed by atoms with E-state index in [1.165, 1.54) is 18.9 Å². The van der Waals surface area contributed by atoms with Crippen LogP contribution in [-0.2, 0) is 14.3 Å². The first-order chi connectivity index (χ1) is 8.91. The van der Waals surface area contributed by atoms with Crippen molar-refractivity contribution in [3.8, 4) is 0 Å². The van der Waals surface area contributed by atoms with Gasteiger partial charge in [0, 0.05) is 7.11 Å². The summed E-state index contributed by atoms with van der Waals surface area (Å²) in [6.07, 6.45) is 1.03. The number of carbonyl (C=O) groups is 2. The van der Waals surface area contributed by atoms with E-state index in [2.05, 4.69) is 5.32 Å². The highest BCUT2D eigenvalue weighted by Gasteiger charge is 2.52. The van der Waals surface area contributed by atoms with E-state index in [4.69, 9.17) is 26.2 Å². The maximum atomic E-state index is 11.9. The fourth-order valence-electron chi connectivity index (χ4n) is 2.10. The number of alkyl halides is 1. The van der Waals surface area contributed by atoms with Gasteiger partial charge in [0.05, 0.1) is 6.61 Å². The standard InChI is InChI=1S/C11H15ClN2O5/c1-11(12)8(16)13-10(17)14(9(11)18-2)7-4-3-6(5-15)19-7/h3-4,6-7,9,15H,5H2,1-2H3,(H,13,16,17)/t6-,7+,9+,11-/m0/s1. The van der Waals surface area contributed by atoms with Gasteiger partial charge in [0.2, 0.25) is 0 Å². The molecule has 4 atom stereocenters. The van der Waals surface area contributed by atoms with Gasteiger partial charge in [-0.1, -0.05) is 6.08 Å². The third kappa shape index (κ3) is 2.34.